The molecule has 0 amide bonds. The number of nitrogens with one attached hydrogen (secondary N) is 1. The first-order chi connectivity index (χ1) is 8.41. The molecular weight excluding hydrogens is 279 g/mol. The third-order valence-corrected chi connectivity index (χ3v) is 3.37. The van der Waals surface area contributed by atoms with Crippen molar-refractivity contribution in [1.82, 2.24) is 9.97 Å². The van der Waals surface area contributed by atoms with Gasteiger partial charge in [-0.2, -0.15) is 0 Å². The first kappa shape index (κ1) is 16.1. The van der Waals surface area contributed by atoms with E-state index >= 15 is 0 Å². The molecule has 0 saturated carbocycles. The molecule has 0 atom stereocenters. The molecule has 0 aliphatic heterocycles. The number of nitrogens with zero attached hydrogens (tertiary/aromatic N) is 1. The van der Waals surface area contributed by atoms with Gasteiger partial charge in [-0.3, -0.25) is 0 Å². The highest BCUT2D eigenvalue weighted by atomic mass is 35.5. The number of aromatic amines is 1. The molecule has 0 aliphatic carbocycles. The summed E-state index contributed by atoms with van der Waals surface area (Å²) in [5, 5.41) is 0. The van der Waals surface area contributed by atoms with Gasteiger partial charge in [-0.15, -0.1) is 24.0 Å². The van der Waals surface area contributed by atoms with Gasteiger partial charge in [0.15, 0.2) is 0 Å². The van der Waals surface area contributed by atoms with Gasteiger partial charge in [0.05, 0.1) is 11.6 Å². The number of aryl methyl sites for hydroxylation is 1. The smallest absolute Gasteiger partial charge is 0.137 e. The maximum Gasteiger partial charge on any atom is 0.137 e. The summed E-state index contributed by atoms with van der Waals surface area (Å²) in [5.74, 6) is 1.34. The summed E-state index contributed by atoms with van der Waals surface area (Å²) in [6, 6.07) is 8.50. The van der Waals surface area contributed by atoms with Crippen LogP contribution in [0.1, 0.15) is 37.7 Å². The molecule has 19 heavy (non-hydrogen) atoms. The third-order valence-electron chi connectivity index (χ3n) is 3.11. The number of benzene rings is 1. The SMILES string of the molecule is Cc1[nH]c(-c2cccc(C(C)(C)C)c2)nc1CCl.Cl. The normalized spacial score (nSPS) is 11.2. The summed E-state index contributed by atoms with van der Waals surface area (Å²) >= 11 is 5.85. The molecule has 1 aromatic heterocycles. The van der Waals surface area contributed by atoms with Crippen LogP contribution in [0, 0.1) is 6.92 Å². The molecule has 1 N–H and O–H groups in total. The van der Waals surface area contributed by atoms with Gasteiger partial charge < -0.3 is 4.98 Å². The summed E-state index contributed by atoms with van der Waals surface area (Å²) < 4.78 is 0. The Morgan fingerprint density at radius 1 is 1.26 bits per heavy atom. The molecule has 4 heteroatoms. The Morgan fingerprint density at radius 2 is 1.95 bits per heavy atom. The van der Waals surface area contributed by atoms with Crippen molar-refractivity contribution in [3.8, 4) is 11.4 Å². The van der Waals surface area contributed by atoms with Crippen molar-refractivity contribution < 1.29 is 0 Å². The van der Waals surface area contributed by atoms with Crippen LogP contribution in [0.25, 0.3) is 11.4 Å². The van der Waals surface area contributed by atoms with Crippen molar-refractivity contribution in [2.75, 3.05) is 0 Å². The topological polar surface area (TPSA) is 28.7 Å². The minimum atomic E-state index is 0. The Labute approximate surface area is 126 Å². The number of hydrogen-bond acceptors (Lipinski definition) is 1. The number of H-pyrrole nitrogens is 1. The van der Waals surface area contributed by atoms with Crippen molar-refractivity contribution >= 4 is 24.0 Å². The molecule has 0 fully saturated rings. The average molecular weight is 299 g/mol. The van der Waals surface area contributed by atoms with Gasteiger partial charge in [0.1, 0.15) is 5.82 Å². The highest BCUT2D eigenvalue weighted by Gasteiger charge is 2.15. The zero-order valence-electron chi connectivity index (χ0n) is 11.7. The lowest BCUT2D eigenvalue weighted by atomic mass is 9.86. The van der Waals surface area contributed by atoms with Gasteiger partial charge in [0.2, 0.25) is 0 Å². The molecule has 0 spiro atoms. The van der Waals surface area contributed by atoms with Crippen LogP contribution < -0.4 is 0 Å². The molecule has 0 unspecified atom stereocenters. The highest BCUT2D eigenvalue weighted by Crippen LogP contribution is 2.27. The van der Waals surface area contributed by atoms with Crippen molar-refractivity contribution in [2.45, 2.75) is 39.0 Å². The van der Waals surface area contributed by atoms with Crippen LogP contribution >= 0.6 is 24.0 Å². The molecular formula is C15H20Cl2N2. The van der Waals surface area contributed by atoms with Gasteiger partial charge in [0, 0.05) is 11.3 Å². The van der Waals surface area contributed by atoms with E-state index < -0.39 is 0 Å². The van der Waals surface area contributed by atoms with E-state index in [9.17, 15) is 0 Å². The first-order valence-corrected chi connectivity index (χ1v) is 6.67. The summed E-state index contributed by atoms with van der Waals surface area (Å²) in [5.41, 5.74) is 4.53. The molecule has 0 aliphatic rings. The number of rotatable bonds is 2. The minimum absolute atomic E-state index is 0. The van der Waals surface area contributed by atoms with E-state index in [1.54, 1.807) is 0 Å². The van der Waals surface area contributed by atoms with Gasteiger partial charge in [-0.1, -0.05) is 39.0 Å². The van der Waals surface area contributed by atoms with Crippen LogP contribution in [0.4, 0.5) is 0 Å². The molecule has 0 radical (unpaired) electrons. The lowest BCUT2D eigenvalue weighted by Gasteiger charge is -2.19. The lowest BCUT2D eigenvalue weighted by molar-refractivity contribution is 0.590. The van der Waals surface area contributed by atoms with Gasteiger partial charge in [-0.05, 0) is 24.0 Å². The first-order valence-electron chi connectivity index (χ1n) is 6.14. The Balaban J connectivity index is 0.00000180. The lowest BCUT2D eigenvalue weighted by Crippen LogP contribution is -2.10. The Bertz CT molecular complexity index is 554. The predicted molar refractivity (Wildman–Crippen MR) is 84.3 cm³/mol. The summed E-state index contributed by atoms with van der Waals surface area (Å²) in [6.07, 6.45) is 0. The third kappa shape index (κ3) is 3.52. The second-order valence-electron chi connectivity index (χ2n) is 5.62. The number of alkyl halides is 1. The molecule has 2 aromatic rings. The second-order valence-corrected chi connectivity index (χ2v) is 5.89. The molecule has 0 saturated heterocycles. The number of aromatic nitrogens is 2. The van der Waals surface area contributed by atoms with Crippen LogP contribution in [0.15, 0.2) is 24.3 Å². The van der Waals surface area contributed by atoms with Crippen LogP contribution in [0.5, 0.6) is 0 Å². The van der Waals surface area contributed by atoms with E-state index in [0.29, 0.717) is 5.88 Å². The molecule has 2 rings (SSSR count). The minimum Gasteiger partial charge on any atom is -0.342 e. The quantitative estimate of drug-likeness (QED) is 0.789. The van der Waals surface area contributed by atoms with Crippen LogP contribution in [0.3, 0.4) is 0 Å². The fourth-order valence-corrected chi connectivity index (χ4v) is 2.16. The Morgan fingerprint density at radius 3 is 2.47 bits per heavy atom. The summed E-state index contributed by atoms with van der Waals surface area (Å²) in [4.78, 5) is 7.83. The van der Waals surface area contributed by atoms with Crippen LogP contribution in [-0.2, 0) is 11.3 Å². The zero-order chi connectivity index (χ0) is 13.3. The fraction of sp³-hybridized carbons (Fsp3) is 0.400. The molecule has 0 bridgehead atoms. The summed E-state index contributed by atoms with van der Waals surface area (Å²) in [7, 11) is 0. The van der Waals surface area contributed by atoms with E-state index in [1.165, 1.54) is 5.56 Å². The molecule has 1 heterocycles. The van der Waals surface area contributed by atoms with Gasteiger partial charge >= 0.3 is 0 Å². The number of imidazole rings is 1. The Hall–Kier alpha value is -0.990. The summed E-state index contributed by atoms with van der Waals surface area (Å²) in [6.45, 7) is 8.64. The predicted octanol–water partition coefficient (Wildman–Crippen LogP) is 4.84. The maximum absolute atomic E-state index is 5.85. The standard InChI is InChI=1S/C15H19ClN2.ClH/c1-10-13(9-16)18-14(17-10)11-6-5-7-12(8-11)15(2,3)4;/h5-8H,9H2,1-4H3,(H,17,18);1H. The van der Waals surface area contributed by atoms with Crippen LogP contribution in [-0.4, -0.2) is 9.97 Å². The molecule has 104 valence electrons. The van der Waals surface area contributed by atoms with E-state index in [1.807, 2.05) is 6.92 Å². The zero-order valence-corrected chi connectivity index (χ0v) is 13.3. The Kier molecular flexibility index (Phi) is 5.05. The average Bonchev–Trinajstić information content (AvgIpc) is 2.70. The number of halogens is 2. The van der Waals surface area contributed by atoms with E-state index in [-0.39, 0.29) is 17.8 Å². The maximum atomic E-state index is 5.85. The van der Waals surface area contributed by atoms with Crippen molar-refractivity contribution in [3.63, 3.8) is 0 Å². The highest BCUT2D eigenvalue weighted by molar-refractivity contribution is 6.17. The van der Waals surface area contributed by atoms with E-state index in [0.717, 1.165) is 22.8 Å². The van der Waals surface area contributed by atoms with Crippen molar-refractivity contribution in [3.05, 3.63) is 41.2 Å². The molecule has 1 aromatic carbocycles. The van der Waals surface area contributed by atoms with E-state index in [4.69, 9.17) is 11.6 Å². The fourth-order valence-electron chi connectivity index (χ4n) is 1.90. The number of hydrogen-bond donors (Lipinski definition) is 1. The van der Waals surface area contributed by atoms with Crippen LogP contribution in [0.2, 0.25) is 0 Å². The van der Waals surface area contributed by atoms with E-state index in [2.05, 4.69) is 55.0 Å². The van der Waals surface area contributed by atoms with Gasteiger partial charge in [-0.25, -0.2) is 4.98 Å². The largest absolute Gasteiger partial charge is 0.342 e. The second kappa shape index (κ2) is 5.98. The molecule has 2 nitrogen and oxygen atoms in total. The monoisotopic (exact) mass is 298 g/mol. The van der Waals surface area contributed by atoms with Crippen molar-refractivity contribution in [1.29, 1.82) is 0 Å². The van der Waals surface area contributed by atoms with Crippen molar-refractivity contribution in [2.24, 2.45) is 0 Å². The van der Waals surface area contributed by atoms with Gasteiger partial charge in [0.25, 0.3) is 0 Å².